The number of guanidine groups is 1. The highest BCUT2D eigenvalue weighted by atomic mass is 32.2. The van der Waals surface area contributed by atoms with E-state index in [1.165, 1.54) is 0 Å². The summed E-state index contributed by atoms with van der Waals surface area (Å²) in [6.07, 6.45) is 4.38. The largest absolute Gasteiger partial charge is 0.489 e. The van der Waals surface area contributed by atoms with Gasteiger partial charge in [0.2, 0.25) is 0 Å². The van der Waals surface area contributed by atoms with Gasteiger partial charge >= 0.3 is 0 Å². The van der Waals surface area contributed by atoms with Crippen LogP contribution in [-0.2, 0) is 4.74 Å². The van der Waals surface area contributed by atoms with Crippen LogP contribution in [0.25, 0.3) is 0 Å². The molecule has 2 N–H and O–H groups in total. The predicted octanol–water partition coefficient (Wildman–Crippen LogP) is 2.84. The van der Waals surface area contributed by atoms with Gasteiger partial charge in [-0.05, 0) is 44.6 Å². The number of ether oxygens (including phenoxy) is 2. The Morgan fingerprint density at radius 1 is 1.32 bits per heavy atom. The predicted molar refractivity (Wildman–Crippen MR) is 107 cm³/mol. The molecule has 0 bridgehead atoms. The van der Waals surface area contributed by atoms with E-state index in [0.29, 0.717) is 6.54 Å². The first-order valence-electron chi connectivity index (χ1n) is 8.88. The van der Waals surface area contributed by atoms with E-state index in [4.69, 9.17) is 9.47 Å². The Hall–Kier alpha value is -1.40. The molecule has 1 heterocycles. The number of nitrogens with zero attached hydrogens (tertiary/aromatic N) is 1. The van der Waals surface area contributed by atoms with Gasteiger partial charge in [-0.2, -0.15) is 11.8 Å². The molecule has 1 unspecified atom stereocenters. The van der Waals surface area contributed by atoms with Gasteiger partial charge in [0.05, 0.1) is 6.54 Å². The molecule has 1 aliphatic rings. The average molecular weight is 366 g/mol. The smallest absolute Gasteiger partial charge is 0.191 e. The minimum atomic E-state index is 0.0530. The zero-order valence-electron chi connectivity index (χ0n) is 15.8. The van der Waals surface area contributed by atoms with Crippen molar-refractivity contribution >= 4 is 17.7 Å². The fraction of sp³-hybridized carbons (Fsp3) is 0.632. The molecule has 0 aromatic heterocycles. The van der Waals surface area contributed by atoms with Crippen LogP contribution in [0.4, 0.5) is 0 Å². The van der Waals surface area contributed by atoms with Crippen molar-refractivity contribution in [3.63, 3.8) is 0 Å². The molecule has 0 spiro atoms. The van der Waals surface area contributed by atoms with Crippen LogP contribution in [0.15, 0.2) is 29.3 Å². The van der Waals surface area contributed by atoms with E-state index in [1.54, 1.807) is 7.05 Å². The summed E-state index contributed by atoms with van der Waals surface area (Å²) in [5.41, 5.74) is 1.15. The van der Waals surface area contributed by atoms with Gasteiger partial charge in [0.25, 0.3) is 0 Å². The molecule has 6 heteroatoms. The molecule has 0 amide bonds. The maximum absolute atomic E-state index is 6.01. The van der Waals surface area contributed by atoms with E-state index in [9.17, 15) is 0 Å². The second kappa shape index (κ2) is 9.92. The van der Waals surface area contributed by atoms with Gasteiger partial charge in [0.1, 0.15) is 11.9 Å². The van der Waals surface area contributed by atoms with Crippen molar-refractivity contribution < 1.29 is 9.47 Å². The number of aliphatic imine (C=N–C) groups is 1. The van der Waals surface area contributed by atoms with Gasteiger partial charge in [0, 0.05) is 31.6 Å². The molecule has 1 fully saturated rings. The highest BCUT2D eigenvalue weighted by Crippen LogP contribution is 2.32. The molecule has 0 radical (unpaired) electrons. The van der Waals surface area contributed by atoms with E-state index in [-0.39, 0.29) is 10.9 Å². The number of aryl methyl sites for hydroxylation is 1. The van der Waals surface area contributed by atoms with Gasteiger partial charge in [-0.15, -0.1) is 0 Å². The van der Waals surface area contributed by atoms with Crippen molar-refractivity contribution in [2.24, 2.45) is 4.99 Å². The van der Waals surface area contributed by atoms with Gasteiger partial charge in [0.15, 0.2) is 5.96 Å². The quantitative estimate of drug-likeness (QED) is 0.575. The molecule has 140 valence electrons. The van der Waals surface area contributed by atoms with Crippen LogP contribution in [0.1, 0.15) is 25.3 Å². The van der Waals surface area contributed by atoms with Crippen molar-refractivity contribution in [2.75, 3.05) is 39.6 Å². The van der Waals surface area contributed by atoms with Gasteiger partial charge in [-0.3, -0.25) is 4.99 Å². The first kappa shape index (κ1) is 19.9. The van der Waals surface area contributed by atoms with Gasteiger partial charge in [-0.25, -0.2) is 0 Å². The third kappa shape index (κ3) is 6.12. The lowest BCUT2D eigenvalue weighted by Gasteiger charge is -2.36. The molecule has 25 heavy (non-hydrogen) atoms. The SMILES string of the molecule is CN=C(NCC(C)Oc1ccccc1C)NCC1(SC)CCOCC1. The standard InChI is InChI=1S/C19H31N3O2S/c1-15-7-5-6-8-17(15)24-16(2)13-21-18(20-3)22-14-19(25-4)9-11-23-12-10-19/h5-8,16H,9-14H2,1-4H3,(H2,20,21,22). The molecule has 2 rings (SSSR count). The number of thioether (sulfide) groups is 1. The van der Waals surface area contributed by atoms with Crippen molar-refractivity contribution in [2.45, 2.75) is 37.5 Å². The van der Waals surface area contributed by atoms with Crippen molar-refractivity contribution in [1.82, 2.24) is 10.6 Å². The zero-order valence-corrected chi connectivity index (χ0v) is 16.6. The monoisotopic (exact) mass is 365 g/mol. The van der Waals surface area contributed by atoms with Crippen molar-refractivity contribution in [3.05, 3.63) is 29.8 Å². The van der Waals surface area contributed by atoms with E-state index in [0.717, 1.165) is 49.9 Å². The zero-order chi connectivity index (χ0) is 18.1. The van der Waals surface area contributed by atoms with Crippen LogP contribution in [0.3, 0.4) is 0 Å². The third-order valence-electron chi connectivity index (χ3n) is 4.62. The summed E-state index contributed by atoms with van der Waals surface area (Å²) >= 11 is 1.92. The lowest BCUT2D eigenvalue weighted by Crippen LogP contribution is -2.49. The van der Waals surface area contributed by atoms with E-state index in [2.05, 4.69) is 41.8 Å². The Labute approximate surface area is 156 Å². The Balaban J connectivity index is 1.78. The number of hydrogen-bond acceptors (Lipinski definition) is 4. The summed E-state index contributed by atoms with van der Waals surface area (Å²) in [6.45, 7) is 7.40. The molecule has 0 saturated carbocycles. The molecule has 5 nitrogen and oxygen atoms in total. The summed E-state index contributed by atoms with van der Waals surface area (Å²) in [6, 6.07) is 8.09. The molecule has 1 atom stereocenters. The highest BCUT2D eigenvalue weighted by Gasteiger charge is 2.31. The number of hydrogen-bond donors (Lipinski definition) is 2. The third-order valence-corrected chi connectivity index (χ3v) is 6.04. The van der Waals surface area contributed by atoms with Crippen LogP contribution in [-0.4, -0.2) is 56.4 Å². The van der Waals surface area contributed by atoms with E-state index < -0.39 is 0 Å². The Kier molecular flexibility index (Phi) is 7.90. The average Bonchev–Trinajstić information content (AvgIpc) is 2.64. The maximum Gasteiger partial charge on any atom is 0.191 e. The Morgan fingerprint density at radius 3 is 2.68 bits per heavy atom. The lowest BCUT2D eigenvalue weighted by atomic mass is 9.99. The molecule has 1 aliphatic heterocycles. The number of benzene rings is 1. The fourth-order valence-corrected chi connectivity index (χ4v) is 3.64. The van der Waals surface area contributed by atoms with Gasteiger partial charge < -0.3 is 20.1 Å². The Morgan fingerprint density at radius 2 is 2.04 bits per heavy atom. The second-order valence-corrected chi connectivity index (χ2v) is 7.77. The summed E-state index contributed by atoms with van der Waals surface area (Å²) in [5.74, 6) is 1.75. The maximum atomic E-state index is 6.01. The van der Waals surface area contributed by atoms with E-state index in [1.807, 2.05) is 30.0 Å². The molecule has 1 aromatic rings. The molecule has 1 saturated heterocycles. The molecule has 1 aromatic carbocycles. The second-order valence-electron chi connectivity index (χ2n) is 6.50. The fourth-order valence-electron chi connectivity index (χ4n) is 2.85. The number of para-hydroxylation sites is 1. The topological polar surface area (TPSA) is 54.9 Å². The summed E-state index contributed by atoms with van der Waals surface area (Å²) in [4.78, 5) is 4.33. The van der Waals surface area contributed by atoms with E-state index >= 15 is 0 Å². The highest BCUT2D eigenvalue weighted by molar-refractivity contribution is 8.00. The van der Waals surface area contributed by atoms with Crippen molar-refractivity contribution in [3.8, 4) is 5.75 Å². The number of rotatable bonds is 7. The molecular formula is C19H31N3O2S. The summed E-state index contributed by atoms with van der Waals surface area (Å²) in [7, 11) is 1.80. The first-order valence-corrected chi connectivity index (χ1v) is 10.1. The van der Waals surface area contributed by atoms with Crippen LogP contribution >= 0.6 is 11.8 Å². The minimum Gasteiger partial charge on any atom is -0.489 e. The first-order chi connectivity index (χ1) is 12.1. The Bertz CT molecular complexity index is 559. The summed E-state index contributed by atoms with van der Waals surface area (Å²) in [5, 5.41) is 6.83. The van der Waals surface area contributed by atoms with Crippen molar-refractivity contribution in [1.29, 1.82) is 0 Å². The van der Waals surface area contributed by atoms with Crippen LogP contribution in [0, 0.1) is 6.92 Å². The normalized spacial score (nSPS) is 18.5. The molecule has 0 aliphatic carbocycles. The number of nitrogens with one attached hydrogen (secondary N) is 2. The van der Waals surface area contributed by atoms with Crippen LogP contribution in [0.2, 0.25) is 0 Å². The summed E-state index contributed by atoms with van der Waals surface area (Å²) < 4.78 is 11.7. The minimum absolute atomic E-state index is 0.0530. The molecular weight excluding hydrogens is 334 g/mol. The van der Waals surface area contributed by atoms with Gasteiger partial charge in [-0.1, -0.05) is 18.2 Å². The lowest BCUT2D eigenvalue weighted by molar-refractivity contribution is 0.0782. The van der Waals surface area contributed by atoms with Crippen LogP contribution in [0.5, 0.6) is 5.75 Å². The van der Waals surface area contributed by atoms with Crippen LogP contribution < -0.4 is 15.4 Å².